The summed E-state index contributed by atoms with van der Waals surface area (Å²) in [5.41, 5.74) is 2.81. The molecule has 13 heavy (non-hydrogen) atoms. The maximum Gasteiger partial charge on any atom is 0.370 e. The first-order valence-corrected chi connectivity index (χ1v) is 4.73. The van der Waals surface area contributed by atoms with Crippen LogP contribution in [0.5, 0.6) is 0 Å². The van der Waals surface area contributed by atoms with Crippen LogP contribution in [-0.4, -0.2) is 11.1 Å². The van der Waals surface area contributed by atoms with E-state index in [1.165, 1.54) is 0 Å². The van der Waals surface area contributed by atoms with Crippen molar-refractivity contribution in [1.29, 1.82) is 0 Å². The van der Waals surface area contributed by atoms with E-state index in [1.54, 1.807) is 15.9 Å². The normalized spacial score (nSPS) is 10.5. The highest BCUT2D eigenvalue weighted by molar-refractivity contribution is 7.16. The fourth-order valence-electron chi connectivity index (χ4n) is 1.24. The van der Waals surface area contributed by atoms with Gasteiger partial charge in [0.2, 0.25) is 17.6 Å². The van der Waals surface area contributed by atoms with Crippen molar-refractivity contribution in [2.75, 3.05) is 0 Å². The van der Waals surface area contributed by atoms with Crippen LogP contribution in [0, 0.1) is 0 Å². The number of aromatic nitrogens is 1. The summed E-state index contributed by atoms with van der Waals surface area (Å²) in [6, 6.07) is 7.77. The van der Waals surface area contributed by atoms with Crippen molar-refractivity contribution < 1.29 is 14.5 Å². The van der Waals surface area contributed by atoms with Crippen molar-refractivity contribution in [3.05, 3.63) is 29.8 Å². The van der Waals surface area contributed by atoms with Crippen LogP contribution >= 0.6 is 11.3 Å². The van der Waals surface area contributed by atoms with Crippen molar-refractivity contribution in [1.82, 2.24) is 0 Å². The zero-order chi connectivity index (χ0) is 9.26. The standard InChI is InChI=1S/C9H7NO2S/c11-9(12)5-10-6-13-8-4-2-1-3-7(8)10/h1-4,6H,5H2/p+1. The highest BCUT2D eigenvalue weighted by atomic mass is 32.1. The first-order valence-electron chi connectivity index (χ1n) is 3.85. The Labute approximate surface area is 78.9 Å². The van der Waals surface area contributed by atoms with Gasteiger partial charge in [0.1, 0.15) is 4.70 Å². The molecule has 1 aromatic carbocycles. The molecule has 0 radical (unpaired) electrons. The lowest BCUT2D eigenvalue weighted by Crippen LogP contribution is -2.35. The SMILES string of the molecule is O=C(O)C[n+]1csc2ccccc21. The molecule has 0 fully saturated rings. The van der Waals surface area contributed by atoms with Crippen LogP contribution in [0.4, 0.5) is 0 Å². The van der Waals surface area contributed by atoms with E-state index >= 15 is 0 Å². The molecule has 0 saturated carbocycles. The number of thiazole rings is 1. The summed E-state index contributed by atoms with van der Waals surface area (Å²) in [6.45, 7) is 0.0318. The van der Waals surface area contributed by atoms with Crippen LogP contribution in [0.1, 0.15) is 0 Å². The van der Waals surface area contributed by atoms with Crippen LogP contribution in [0.3, 0.4) is 0 Å². The summed E-state index contributed by atoms with van der Waals surface area (Å²) < 4.78 is 2.85. The van der Waals surface area contributed by atoms with Crippen LogP contribution in [-0.2, 0) is 11.3 Å². The van der Waals surface area contributed by atoms with E-state index in [-0.39, 0.29) is 6.54 Å². The number of fused-ring (bicyclic) bond motifs is 1. The van der Waals surface area contributed by atoms with E-state index in [0.717, 1.165) is 10.2 Å². The van der Waals surface area contributed by atoms with Crippen molar-refractivity contribution >= 4 is 27.5 Å². The Bertz CT molecular complexity index is 450. The van der Waals surface area contributed by atoms with E-state index in [0.29, 0.717) is 0 Å². The molecule has 0 saturated heterocycles. The summed E-state index contributed by atoms with van der Waals surface area (Å²) in [5.74, 6) is -0.812. The van der Waals surface area contributed by atoms with Gasteiger partial charge in [-0.2, -0.15) is 4.57 Å². The van der Waals surface area contributed by atoms with Gasteiger partial charge in [-0.15, -0.1) is 0 Å². The largest absolute Gasteiger partial charge is 0.477 e. The van der Waals surface area contributed by atoms with Gasteiger partial charge in [0.05, 0.1) is 0 Å². The fraction of sp³-hybridized carbons (Fsp3) is 0.111. The average molecular weight is 194 g/mol. The lowest BCUT2D eigenvalue weighted by molar-refractivity contribution is -0.655. The molecule has 2 rings (SSSR count). The second kappa shape index (κ2) is 3.14. The Morgan fingerprint density at radius 2 is 2.23 bits per heavy atom. The number of nitrogens with zero attached hydrogens (tertiary/aromatic N) is 1. The second-order valence-corrected chi connectivity index (χ2v) is 3.60. The van der Waals surface area contributed by atoms with Gasteiger partial charge in [-0.25, -0.2) is 4.79 Å². The summed E-state index contributed by atoms with van der Waals surface area (Å²) in [4.78, 5) is 10.5. The van der Waals surface area contributed by atoms with Gasteiger partial charge in [0.15, 0.2) is 0 Å². The van der Waals surface area contributed by atoms with Crippen LogP contribution < -0.4 is 4.57 Å². The van der Waals surface area contributed by atoms with E-state index < -0.39 is 5.97 Å². The fourth-order valence-corrected chi connectivity index (χ4v) is 2.13. The quantitative estimate of drug-likeness (QED) is 0.731. The average Bonchev–Trinajstić information content (AvgIpc) is 2.48. The molecule has 2 aromatic rings. The Kier molecular flexibility index (Phi) is 1.98. The van der Waals surface area contributed by atoms with E-state index in [4.69, 9.17) is 5.11 Å². The van der Waals surface area contributed by atoms with Crippen LogP contribution in [0.25, 0.3) is 10.2 Å². The molecule has 0 bridgehead atoms. The number of carboxylic acid groups (broad SMARTS) is 1. The minimum Gasteiger partial charge on any atom is -0.477 e. The Morgan fingerprint density at radius 3 is 3.00 bits per heavy atom. The molecule has 4 heteroatoms. The van der Waals surface area contributed by atoms with Gasteiger partial charge in [-0.05, 0) is 6.07 Å². The molecule has 0 unspecified atom stereocenters. The minimum atomic E-state index is -0.812. The van der Waals surface area contributed by atoms with E-state index in [9.17, 15) is 4.79 Å². The van der Waals surface area contributed by atoms with Gasteiger partial charge in [-0.1, -0.05) is 23.5 Å². The second-order valence-electron chi connectivity index (χ2n) is 2.71. The third-order valence-electron chi connectivity index (χ3n) is 1.79. The predicted molar refractivity (Wildman–Crippen MR) is 49.7 cm³/mol. The summed E-state index contributed by atoms with van der Waals surface area (Å²) >= 11 is 1.56. The Balaban J connectivity index is 2.51. The first-order chi connectivity index (χ1) is 6.27. The number of carboxylic acids is 1. The molecule has 0 spiro atoms. The molecule has 0 aliphatic heterocycles. The molecule has 0 aliphatic carbocycles. The van der Waals surface area contributed by atoms with Crippen molar-refractivity contribution in [2.24, 2.45) is 0 Å². The first kappa shape index (κ1) is 8.19. The van der Waals surface area contributed by atoms with Crippen LogP contribution in [0.2, 0.25) is 0 Å². The summed E-state index contributed by atoms with van der Waals surface area (Å²) in [7, 11) is 0. The smallest absolute Gasteiger partial charge is 0.370 e. The topological polar surface area (TPSA) is 41.2 Å². The molecule has 0 atom stereocenters. The number of hydrogen-bond acceptors (Lipinski definition) is 2. The maximum atomic E-state index is 10.5. The predicted octanol–water partition coefficient (Wildman–Crippen LogP) is 1.27. The van der Waals surface area contributed by atoms with Crippen molar-refractivity contribution in [3.63, 3.8) is 0 Å². The van der Waals surface area contributed by atoms with Crippen molar-refractivity contribution in [2.45, 2.75) is 6.54 Å². The minimum absolute atomic E-state index is 0.0318. The van der Waals surface area contributed by atoms with E-state index in [1.807, 2.05) is 29.8 Å². The summed E-state index contributed by atoms with van der Waals surface area (Å²) in [5, 5.41) is 8.63. The van der Waals surface area contributed by atoms with Gasteiger partial charge >= 0.3 is 5.97 Å². The summed E-state index contributed by atoms with van der Waals surface area (Å²) in [6.07, 6.45) is 0. The number of aliphatic carboxylic acids is 1. The molecule has 0 amide bonds. The third-order valence-corrected chi connectivity index (χ3v) is 2.75. The highest BCUT2D eigenvalue weighted by Gasteiger charge is 2.13. The van der Waals surface area contributed by atoms with Gasteiger partial charge in [0, 0.05) is 6.07 Å². The maximum absolute atomic E-state index is 10.5. The zero-order valence-electron chi connectivity index (χ0n) is 6.80. The molecule has 1 N–H and O–H groups in total. The number of rotatable bonds is 2. The Hall–Kier alpha value is -1.42. The number of hydrogen-bond donors (Lipinski definition) is 1. The molecule has 0 aliphatic rings. The van der Waals surface area contributed by atoms with Crippen LogP contribution in [0.15, 0.2) is 29.8 Å². The lowest BCUT2D eigenvalue weighted by Gasteiger charge is -1.87. The molecular formula is C9H8NO2S+. The molecule has 1 aromatic heterocycles. The zero-order valence-corrected chi connectivity index (χ0v) is 7.62. The lowest BCUT2D eigenvalue weighted by atomic mass is 10.3. The molecular weight excluding hydrogens is 186 g/mol. The van der Waals surface area contributed by atoms with E-state index in [2.05, 4.69) is 0 Å². The van der Waals surface area contributed by atoms with Crippen molar-refractivity contribution in [3.8, 4) is 0 Å². The molecule has 1 heterocycles. The third kappa shape index (κ3) is 1.53. The number of para-hydroxylation sites is 1. The Morgan fingerprint density at radius 1 is 1.46 bits per heavy atom. The number of benzene rings is 1. The molecule has 66 valence electrons. The number of carbonyl (C=O) groups is 1. The highest BCUT2D eigenvalue weighted by Crippen LogP contribution is 2.14. The van der Waals surface area contributed by atoms with Gasteiger partial charge < -0.3 is 5.11 Å². The van der Waals surface area contributed by atoms with Gasteiger partial charge in [0.25, 0.3) is 0 Å². The molecule has 3 nitrogen and oxygen atoms in total. The monoisotopic (exact) mass is 194 g/mol. The van der Waals surface area contributed by atoms with Gasteiger partial charge in [-0.3, -0.25) is 0 Å².